The van der Waals surface area contributed by atoms with E-state index in [2.05, 4.69) is 6.07 Å². The number of para-hydroxylation sites is 1. The van der Waals surface area contributed by atoms with Gasteiger partial charge in [-0.15, -0.1) is 0 Å². The Kier molecular flexibility index (Phi) is 2.76. The van der Waals surface area contributed by atoms with Crippen molar-refractivity contribution in [1.82, 2.24) is 0 Å². The maximum absolute atomic E-state index is 12.9. The molecule has 2 aromatic carbocycles. The van der Waals surface area contributed by atoms with Crippen molar-refractivity contribution < 1.29 is 9.13 Å². The van der Waals surface area contributed by atoms with Gasteiger partial charge in [-0.2, -0.15) is 0 Å². The highest BCUT2D eigenvalue weighted by Crippen LogP contribution is 2.38. The number of fused-ring (bicyclic) bond motifs is 1. The Morgan fingerprint density at radius 3 is 2.67 bits per heavy atom. The number of rotatable bonds is 2. The molecule has 0 saturated heterocycles. The molecule has 2 N–H and O–H groups in total. The molecule has 1 aliphatic heterocycles. The van der Waals surface area contributed by atoms with E-state index in [4.69, 9.17) is 10.5 Å². The van der Waals surface area contributed by atoms with Gasteiger partial charge >= 0.3 is 0 Å². The molecule has 0 fully saturated rings. The smallest absolute Gasteiger partial charge is 0.130 e. The molecule has 1 unspecified atom stereocenters. The van der Waals surface area contributed by atoms with Crippen LogP contribution in [0.3, 0.4) is 0 Å². The molecule has 1 heterocycles. The summed E-state index contributed by atoms with van der Waals surface area (Å²) in [6, 6.07) is 12.5. The van der Waals surface area contributed by atoms with E-state index >= 15 is 0 Å². The first-order valence-electron chi connectivity index (χ1n) is 6.02. The lowest BCUT2D eigenvalue weighted by Crippen LogP contribution is -2.24. The second-order valence-corrected chi connectivity index (χ2v) is 4.48. The van der Waals surface area contributed by atoms with Gasteiger partial charge in [0.25, 0.3) is 0 Å². The average molecular weight is 243 g/mol. The minimum Gasteiger partial charge on any atom is -0.488 e. The maximum Gasteiger partial charge on any atom is 0.130 e. The second-order valence-electron chi connectivity index (χ2n) is 4.48. The standard InChI is InChI=1S/C15H14FNO/c16-12-6-4-10(5-7-12)14-3-1-2-11-8-13(9-17)18-15(11)14/h1-7,13H,8-9,17H2. The molecule has 18 heavy (non-hydrogen) atoms. The Labute approximate surface area is 105 Å². The van der Waals surface area contributed by atoms with E-state index in [1.165, 1.54) is 17.7 Å². The number of nitrogens with two attached hydrogens (primary N) is 1. The third kappa shape index (κ3) is 1.87. The molecule has 0 bridgehead atoms. The maximum atomic E-state index is 12.9. The van der Waals surface area contributed by atoms with Gasteiger partial charge < -0.3 is 10.5 Å². The van der Waals surface area contributed by atoms with Gasteiger partial charge in [-0.05, 0) is 23.3 Å². The monoisotopic (exact) mass is 243 g/mol. The summed E-state index contributed by atoms with van der Waals surface area (Å²) in [5, 5.41) is 0. The number of hydrogen-bond acceptors (Lipinski definition) is 2. The first kappa shape index (κ1) is 11.2. The fourth-order valence-electron chi connectivity index (χ4n) is 2.33. The average Bonchev–Trinajstić information content (AvgIpc) is 2.82. The lowest BCUT2D eigenvalue weighted by atomic mass is 10.0. The van der Waals surface area contributed by atoms with Crippen molar-refractivity contribution in [3.05, 3.63) is 53.8 Å². The summed E-state index contributed by atoms with van der Waals surface area (Å²) in [6.45, 7) is 0.511. The van der Waals surface area contributed by atoms with Gasteiger partial charge in [0.2, 0.25) is 0 Å². The molecule has 0 aromatic heterocycles. The van der Waals surface area contributed by atoms with Crippen molar-refractivity contribution in [2.75, 3.05) is 6.54 Å². The van der Waals surface area contributed by atoms with Crippen LogP contribution in [0, 0.1) is 5.82 Å². The molecular weight excluding hydrogens is 229 g/mol. The number of ether oxygens (including phenoxy) is 1. The van der Waals surface area contributed by atoms with Crippen LogP contribution in [0.15, 0.2) is 42.5 Å². The van der Waals surface area contributed by atoms with Gasteiger partial charge in [0, 0.05) is 18.5 Å². The van der Waals surface area contributed by atoms with Gasteiger partial charge in [0.15, 0.2) is 0 Å². The van der Waals surface area contributed by atoms with Gasteiger partial charge in [-0.1, -0.05) is 30.3 Å². The van der Waals surface area contributed by atoms with E-state index in [0.29, 0.717) is 6.54 Å². The minimum absolute atomic E-state index is 0.0570. The highest BCUT2D eigenvalue weighted by Gasteiger charge is 2.24. The van der Waals surface area contributed by atoms with Crippen molar-refractivity contribution in [3.63, 3.8) is 0 Å². The summed E-state index contributed by atoms with van der Waals surface area (Å²) in [5.74, 6) is 0.659. The van der Waals surface area contributed by atoms with Crippen LogP contribution >= 0.6 is 0 Å². The molecule has 3 heteroatoms. The normalized spacial score (nSPS) is 17.3. The predicted molar refractivity (Wildman–Crippen MR) is 69.0 cm³/mol. The van der Waals surface area contributed by atoms with Crippen molar-refractivity contribution in [3.8, 4) is 16.9 Å². The quantitative estimate of drug-likeness (QED) is 0.880. The summed E-state index contributed by atoms with van der Waals surface area (Å²) >= 11 is 0. The van der Waals surface area contributed by atoms with Crippen LogP contribution in [0.2, 0.25) is 0 Å². The number of hydrogen-bond donors (Lipinski definition) is 1. The zero-order valence-electron chi connectivity index (χ0n) is 9.90. The molecule has 0 saturated carbocycles. The Hall–Kier alpha value is -1.87. The van der Waals surface area contributed by atoms with Crippen LogP contribution < -0.4 is 10.5 Å². The zero-order chi connectivity index (χ0) is 12.5. The largest absolute Gasteiger partial charge is 0.488 e. The Morgan fingerprint density at radius 1 is 1.17 bits per heavy atom. The number of halogens is 1. The van der Waals surface area contributed by atoms with E-state index in [-0.39, 0.29) is 11.9 Å². The second kappa shape index (κ2) is 4.42. The van der Waals surface area contributed by atoms with E-state index in [1.54, 1.807) is 12.1 Å². The minimum atomic E-state index is -0.230. The fraction of sp³-hybridized carbons (Fsp3) is 0.200. The Morgan fingerprint density at radius 2 is 1.94 bits per heavy atom. The zero-order valence-corrected chi connectivity index (χ0v) is 9.90. The summed E-state index contributed by atoms with van der Waals surface area (Å²) < 4.78 is 18.8. The third-order valence-electron chi connectivity index (χ3n) is 3.25. The highest BCUT2D eigenvalue weighted by molar-refractivity contribution is 5.73. The molecule has 0 amide bonds. The first-order valence-corrected chi connectivity index (χ1v) is 6.02. The SMILES string of the molecule is NCC1Cc2cccc(-c3ccc(F)cc3)c2O1. The van der Waals surface area contributed by atoms with Crippen molar-refractivity contribution in [1.29, 1.82) is 0 Å². The highest BCUT2D eigenvalue weighted by atomic mass is 19.1. The van der Waals surface area contributed by atoms with E-state index < -0.39 is 0 Å². The summed E-state index contributed by atoms with van der Waals surface area (Å²) in [7, 11) is 0. The molecule has 0 aliphatic carbocycles. The topological polar surface area (TPSA) is 35.2 Å². The molecule has 3 rings (SSSR count). The van der Waals surface area contributed by atoms with Gasteiger partial charge in [0.1, 0.15) is 17.7 Å². The van der Waals surface area contributed by atoms with Crippen LogP contribution in [0.1, 0.15) is 5.56 Å². The third-order valence-corrected chi connectivity index (χ3v) is 3.25. The van der Waals surface area contributed by atoms with Crippen LogP contribution in [0.5, 0.6) is 5.75 Å². The van der Waals surface area contributed by atoms with Crippen molar-refractivity contribution in [2.45, 2.75) is 12.5 Å². The molecular formula is C15H14FNO. The predicted octanol–water partition coefficient (Wildman–Crippen LogP) is 2.75. The van der Waals surface area contributed by atoms with Crippen molar-refractivity contribution in [2.24, 2.45) is 5.73 Å². The summed E-state index contributed by atoms with van der Waals surface area (Å²) in [6.07, 6.45) is 0.905. The number of benzene rings is 2. The van der Waals surface area contributed by atoms with Gasteiger partial charge in [0.05, 0.1) is 0 Å². The molecule has 2 aromatic rings. The van der Waals surface area contributed by atoms with E-state index in [1.807, 2.05) is 12.1 Å². The van der Waals surface area contributed by atoms with Crippen molar-refractivity contribution >= 4 is 0 Å². The Balaban J connectivity index is 2.05. The van der Waals surface area contributed by atoms with Crippen LogP contribution in [0.4, 0.5) is 4.39 Å². The first-order chi connectivity index (χ1) is 8.78. The van der Waals surface area contributed by atoms with Crippen LogP contribution in [-0.4, -0.2) is 12.6 Å². The fourth-order valence-corrected chi connectivity index (χ4v) is 2.33. The lowest BCUT2D eigenvalue weighted by molar-refractivity contribution is 0.242. The van der Waals surface area contributed by atoms with Gasteiger partial charge in [-0.3, -0.25) is 0 Å². The molecule has 1 atom stereocenters. The molecule has 0 spiro atoms. The van der Waals surface area contributed by atoms with Gasteiger partial charge in [-0.25, -0.2) is 4.39 Å². The summed E-state index contributed by atoms with van der Waals surface area (Å²) in [5.41, 5.74) is 8.79. The Bertz CT molecular complexity index is 565. The van der Waals surface area contributed by atoms with E-state index in [0.717, 1.165) is 23.3 Å². The van der Waals surface area contributed by atoms with E-state index in [9.17, 15) is 4.39 Å². The molecule has 0 radical (unpaired) electrons. The summed E-state index contributed by atoms with van der Waals surface area (Å²) in [4.78, 5) is 0. The molecule has 1 aliphatic rings. The molecule has 2 nitrogen and oxygen atoms in total. The van der Waals surface area contributed by atoms with Crippen LogP contribution in [0.25, 0.3) is 11.1 Å². The molecule has 92 valence electrons. The van der Waals surface area contributed by atoms with Crippen LogP contribution in [-0.2, 0) is 6.42 Å². The lowest BCUT2D eigenvalue weighted by Gasteiger charge is -2.10.